The number of halogens is 2. The molecule has 0 N–H and O–H groups in total. The monoisotopic (exact) mass is 526 g/mol. The summed E-state index contributed by atoms with van der Waals surface area (Å²) in [6, 6.07) is 11.0. The summed E-state index contributed by atoms with van der Waals surface area (Å²) in [5.41, 5.74) is 1.40. The second kappa shape index (κ2) is 10.1. The van der Waals surface area contributed by atoms with Crippen LogP contribution in [0.15, 0.2) is 51.9 Å². The third-order valence-corrected chi connectivity index (χ3v) is 6.57. The van der Waals surface area contributed by atoms with Crippen molar-refractivity contribution in [2.45, 2.75) is 40.2 Å². The van der Waals surface area contributed by atoms with Gasteiger partial charge in [-0.3, -0.25) is 9.78 Å². The molecule has 0 radical (unpaired) electrons. The molecule has 0 fully saturated rings. The van der Waals surface area contributed by atoms with Gasteiger partial charge in [0.05, 0.1) is 41.3 Å². The minimum Gasteiger partial charge on any atom is -0.497 e. The van der Waals surface area contributed by atoms with Crippen molar-refractivity contribution in [2.24, 2.45) is 5.92 Å². The summed E-state index contributed by atoms with van der Waals surface area (Å²) in [5, 5.41) is 1.79. The minimum absolute atomic E-state index is 0.129. The zero-order valence-electron chi connectivity index (χ0n) is 19.8. The summed E-state index contributed by atoms with van der Waals surface area (Å²) >= 11 is 3.50. The number of aromatic nitrogens is 2. The van der Waals surface area contributed by atoms with Gasteiger partial charge in [-0.25, -0.2) is 4.39 Å². The molecule has 2 aromatic carbocycles. The lowest BCUT2D eigenvalue weighted by Crippen LogP contribution is -2.23. The SMILES string of the molecule is COc1ccc(Cn2c(=O)c3c(C)nccc3c3cc(Br)c(OCCCC(C)C)c(F)c32)cc1. The van der Waals surface area contributed by atoms with Crippen molar-refractivity contribution in [1.29, 1.82) is 0 Å². The van der Waals surface area contributed by atoms with Gasteiger partial charge in [0.15, 0.2) is 11.6 Å². The molecule has 5 nitrogen and oxygen atoms in total. The third kappa shape index (κ3) is 4.67. The molecule has 178 valence electrons. The number of methoxy groups -OCH3 is 1. The van der Waals surface area contributed by atoms with E-state index in [4.69, 9.17) is 9.47 Å². The Bertz CT molecular complexity index is 1400. The zero-order chi connectivity index (χ0) is 24.4. The molecular formula is C27H28BrFN2O3. The van der Waals surface area contributed by atoms with Crippen LogP contribution >= 0.6 is 15.9 Å². The molecule has 0 aliphatic carbocycles. The van der Waals surface area contributed by atoms with Gasteiger partial charge in [0.25, 0.3) is 5.56 Å². The quantitative estimate of drug-likeness (QED) is 0.191. The van der Waals surface area contributed by atoms with Gasteiger partial charge in [-0.05, 0) is 71.4 Å². The molecule has 0 amide bonds. The van der Waals surface area contributed by atoms with Gasteiger partial charge in [0.2, 0.25) is 0 Å². The van der Waals surface area contributed by atoms with Crippen LogP contribution in [0.2, 0.25) is 0 Å². The smallest absolute Gasteiger partial charge is 0.261 e. The number of benzene rings is 2. The first-order chi connectivity index (χ1) is 16.3. The molecule has 4 aromatic rings. The summed E-state index contributed by atoms with van der Waals surface area (Å²) in [6.07, 6.45) is 3.46. The molecule has 0 bridgehead atoms. The van der Waals surface area contributed by atoms with Crippen molar-refractivity contribution >= 4 is 37.6 Å². The van der Waals surface area contributed by atoms with Crippen molar-refractivity contribution in [3.63, 3.8) is 0 Å². The Labute approximate surface area is 206 Å². The molecule has 7 heteroatoms. The van der Waals surface area contributed by atoms with Crippen molar-refractivity contribution < 1.29 is 13.9 Å². The first-order valence-electron chi connectivity index (χ1n) is 11.4. The van der Waals surface area contributed by atoms with Crippen LogP contribution in [0, 0.1) is 18.7 Å². The summed E-state index contributed by atoms with van der Waals surface area (Å²) < 4.78 is 29.2. The molecule has 0 aliphatic rings. The van der Waals surface area contributed by atoms with Crippen LogP contribution in [0.25, 0.3) is 21.7 Å². The van der Waals surface area contributed by atoms with Crippen LogP contribution in [-0.4, -0.2) is 23.3 Å². The molecule has 0 aliphatic heterocycles. The number of ether oxygens (including phenoxy) is 2. The van der Waals surface area contributed by atoms with Gasteiger partial charge >= 0.3 is 0 Å². The summed E-state index contributed by atoms with van der Waals surface area (Å²) in [4.78, 5) is 18.0. The maximum atomic E-state index is 16.1. The summed E-state index contributed by atoms with van der Waals surface area (Å²) in [6.45, 7) is 6.69. The second-order valence-electron chi connectivity index (χ2n) is 8.84. The Morgan fingerprint density at radius 2 is 1.88 bits per heavy atom. The molecule has 0 saturated carbocycles. The van der Waals surface area contributed by atoms with E-state index in [-0.39, 0.29) is 23.4 Å². The van der Waals surface area contributed by atoms with Gasteiger partial charge < -0.3 is 14.0 Å². The van der Waals surface area contributed by atoms with E-state index in [2.05, 4.69) is 34.8 Å². The number of hydrogen-bond donors (Lipinski definition) is 0. The number of rotatable bonds is 8. The van der Waals surface area contributed by atoms with Crippen LogP contribution in [0.3, 0.4) is 0 Å². The lowest BCUT2D eigenvalue weighted by molar-refractivity contribution is 0.283. The highest BCUT2D eigenvalue weighted by Gasteiger charge is 2.22. The van der Waals surface area contributed by atoms with Crippen LogP contribution in [0.4, 0.5) is 4.39 Å². The molecule has 2 heterocycles. The minimum atomic E-state index is -0.545. The molecule has 4 rings (SSSR count). The van der Waals surface area contributed by atoms with Gasteiger partial charge in [-0.1, -0.05) is 26.0 Å². The Hall–Kier alpha value is -2.93. The fourth-order valence-corrected chi connectivity index (χ4v) is 4.74. The Morgan fingerprint density at radius 1 is 1.15 bits per heavy atom. The molecular weight excluding hydrogens is 499 g/mol. The lowest BCUT2D eigenvalue weighted by Gasteiger charge is -2.18. The maximum Gasteiger partial charge on any atom is 0.261 e. The van der Waals surface area contributed by atoms with Gasteiger partial charge in [-0.2, -0.15) is 0 Å². The van der Waals surface area contributed by atoms with Gasteiger partial charge in [0, 0.05) is 17.0 Å². The van der Waals surface area contributed by atoms with Crippen LogP contribution < -0.4 is 15.0 Å². The number of nitrogens with zero attached hydrogens (tertiary/aromatic N) is 2. The number of hydrogen-bond acceptors (Lipinski definition) is 4. The maximum absolute atomic E-state index is 16.1. The molecule has 0 atom stereocenters. The Morgan fingerprint density at radius 3 is 2.56 bits per heavy atom. The van der Waals surface area contributed by atoms with Crippen molar-refractivity contribution in [3.05, 3.63) is 74.5 Å². The highest BCUT2D eigenvalue weighted by Crippen LogP contribution is 2.37. The van der Waals surface area contributed by atoms with E-state index >= 15 is 4.39 Å². The fraction of sp³-hybridized carbons (Fsp3) is 0.333. The molecule has 0 saturated heterocycles. The standard InChI is InChI=1S/C27H28BrFN2O3/c1-16(2)6-5-13-34-26-22(28)14-21-20-11-12-30-17(3)23(20)27(32)31(25(21)24(26)29)15-18-7-9-19(33-4)10-8-18/h7-12,14,16H,5-6,13,15H2,1-4H3. The lowest BCUT2D eigenvalue weighted by atomic mass is 10.0. The Balaban J connectivity index is 1.92. The van der Waals surface area contributed by atoms with Crippen molar-refractivity contribution in [1.82, 2.24) is 9.55 Å². The fourth-order valence-electron chi connectivity index (χ4n) is 4.22. The second-order valence-corrected chi connectivity index (χ2v) is 9.69. The van der Waals surface area contributed by atoms with E-state index < -0.39 is 5.82 Å². The first kappa shape index (κ1) is 24.2. The van der Waals surface area contributed by atoms with E-state index in [0.29, 0.717) is 44.6 Å². The van der Waals surface area contributed by atoms with E-state index in [0.717, 1.165) is 18.4 Å². The van der Waals surface area contributed by atoms with E-state index in [1.165, 1.54) is 4.57 Å². The van der Waals surface area contributed by atoms with Crippen LogP contribution in [0.1, 0.15) is 37.9 Å². The van der Waals surface area contributed by atoms with Gasteiger partial charge in [0.1, 0.15) is 5.75 Å². The topological polar surface area (TPSA) is 53.4 Å². The van der Waals surface area contributed by atoms with E-state index in [1.54, 1.807) is 26.3 Å². The predicted octanol–water partition coefficient (Wildman–Crippen LogP) is 6.63. The number of fused-ring (bicyclic) bond motifs is 3. The van der Waals surface area contributed by atoms with E-state index in [1.807, 2.05) is 30.3 Å². The molecule has 0 spiro atoms. The normalized spacial score (nSPS) is 11.5. The highest BCUT2D eigenvalue weighted by molar-refractivity contribution is 9.10. The van der Waals surface area contributed by atoms with Crippen molar-refractivity contribution in [3.8, 4) is 11.5 Å². The highest BCUT2D eigenvalue weighted by atomic mass is 79.9. The summed E-state index contributed by atoms with van der Waals surface area (Å²) in [7, 11) is 1.60. The first-order valence-corrected chi connectivity index (χ1v) is 12.2. The summed E-state index contributed by atoms with van der Waals surface area (Å²) in [5.74, 6) is 0.846. The van der Waals surface area contributed by atoms with Crippen molar-refractivity contribution in [2.75, 3.05) is 13.7 Å². The molecule has 34 heavy (non-hydrogen) atoms. The average Bonchev–Trinajstić information content (AvgIpc) is 2.81. The number of pyridine rings is 2. The number of aryl methyl sites for hydroxylation is 1. The van der Waals surface area contributed by atoms with E-state index in [9.17, 15) is 4.79 Å². The van der Waals surface area contributed by atoms with Crippen LogP contribution in [-0.2, 0) is 6.54 Å². The Kier molecular flexibility index (Phi) is 7.22. The average molecular weight is 527 g/mol. The molecule has 0 unspecified atom stereocenters. The largest absolute Gasteiger partial charge is 0.497 e. The predicted molar refractivity (Wildman–Crippen MR) is 138 cm³/mol. The third-order valence-electron chi connectivity index (χ3n) is 5.98. The van der Waals surface area contributed by atoms with Crippen LogP contribution in [0.5, 0.6) is 11.5 Å². The van der Waals surface area contributed by atoms with Gasteiger partial charge in [-0.15, -0.1) is 0 Å². The zero-order valence-corrected chi connectivity index (χ0v) is 21.4. The molecule has 2 aromatic heterocycles.